The highest BCUT2D eigenvalue weighted by molar-refractivity contribution is 8.00. The molecule has 1 N–H and O–H groups in total. The van der Waals surface area contributed by atoms with Crippen LogP contribution in [0.1, 0.15) is 6.92 Å². The lowest BCUT2D eigenvalue weighted by Crippen LogP contribution is -2.23. The molecule has 5 rings (SSSR count). The van der Waals surface area contributed by atoms with E-state index >= 15 is 0 Å². The number of aromatic nitrogens is 3. The van der Waals surface area contributed by atoms with E-state index in [1.54, 1.807) is 30.5 Å². The number of hydrogen-bond acceptors (Lipinski definition) is 7. The predicted molar refractivity (Wildman–Crippen MR) is 120 cm³/mol. The molecule has 32 heavy (non-hydrogen) atoms. The monoisotopic (exact) mass is 448 g/mol. The molecule has 0 saturated heterocycles. The molecular weight excluding hydrogens is 428 g/mol. The first kappa shape index (κ1) is 20.2. The van der Waals surface area contributed by atoms with E-state index in [1.807, 2.05) is 47.9 Å². The number of para-hydroxylation sites is 1. The van der Waals surface area contributed by atoms with Crippen molar-refractivity contribution in [3.63, 3.8) is 0 Å². The summed E-state index contributed by atoms with van der Waals surface area (Å²) in [6.45, 7) is 2.84. The van der Waals surface area contributed by atoms with Crippen LogP contribution in [0.4, 0.5) is 5.69 Å². The fourth-order valence-corrected chi connectivity index (χ4v) is 4.17. The van der Waals surface area contributed by atoms with Gasteiger partial charge >= 0.3 is 0 Å². The summed E-state index contributed by atoms with van der Waals surface area (Å²) in [5.41, 5.74) is 1.53. The smallest absolute Gasteiger partial charge is 0.237 e. The molecule has 2 aromatic heterocycles. The average Bonchev–Trinajstić information content (AvgIpc) is 3.49. The van der Waals surface area contributed by atoms with Crippen molar-refractivity contribution in [3.05, 3.63) is 66.9 Å². The van der Waals surface area contributed by atoms with E-state index in [0.717, 1.165) is 5.69 Å². The summed E-state index contributed by atoms with van der Waals surface area (Å²) in [4.78, 5) is 12.9. The summed E-state index contributed by atoms with van der Waals surface area (Å²) in [7, 11) is 0. The number of furan rings is 1. The van der Waals surface area contributed by atoms with Gasteiger partial charge in [0, 0.05) is 17.4 Å². The van der Waals surface area contributed by atoms with Gasteiger partial charge < -0.3 is 19.2 Å². The van der Waals surface area contributed by atoms with Crippen LogP contribution < -0.4 is 14.8 Å². The molecule has 0 aliphatic carbocycles. The van der Waals surface area contributed by atoms with Crippen molar-refractivity contribution in [1.29, 1.82) is 0 Å². The molecule has 1 aliphatic rings. The Bertz CT molecular complexity index is 1220. The van der Waals surface area contributed by atoms with Crippen molar-refractivity contribution >= 4 is 23.4 Å². The number of nitrogens with one attached hydrogen (secondary N) is 1. The molecule has 0 spiro atoms. The van der Waals surface area contributed by atoms with Crippen molar-refractivity contribution in [2.24, 2.45) is 0 Å². The van der Waals surface area contributed by atoms with Gasteiger partial charge in [-0.3, -0.25) is 9.36 Å². The first-order valence-corrected chi connectivity index (χ1v) is 11.0. The number of anilines is 1. The molecule has 0 unspecified atom stereocenters. The first-order chi connectivity index (χ1) is 15.7. The lowest BCUT2D eigenvalue weighted by atomic mass is 10.2. The minimum absolute atomic E-state index is 0.158. The molecule has 2 aromatic carbocycles. The maximum atomic E-state index is 12.9. The summed E-state index contributed by atoms with van der Waals surface area (Å²) in [6, 6.07) is 18.7. The number of rotatable bonds is 6. The molecule has 3 heterocycles. The van der Waals surface area contributed by atoms with Crippen molar-refractivity contribution in [3.8, 4) is 28.8 Å². The standard InChI is InChI=1S/C23H20N4O4S/c1-15(22(28)24-16-9-10-18-20(14-16)31-13-12-30-18)32-23-26-25-21(19-8-5-11-29-19)27(23)17-6-3-2-4-7-17/h2-11,14-15H,12-13H2,1H3,(H,24,28)/t15-/m1/s1. The zero-order valence-corrected chi connectivity index (χ0v) is 18.0. The van der Waals surface area contributed by atoms with Crippen LogP contribution in [-0.2, 0) is 4.79 Å². The number of nitrogens with zero attached hydrogens (tertiary/aromatic N) is 3. The van der Waals surface area contributed by atoms with Crippen molar-refractivity contribution < 1.29 is 18.7 Å². The SMILES string of the molecule is C[C@@H](Sc1nnc(-c2ccco2)n1-c1ccccc1)C(=O)Nc1ccc2c(c1)OCCO2. The summed E-state index contributed by atoms with van der Waals surface area (Å²) in [6.07, 6.45) is 1.59. The average molecular weight is 449 g/mol. The van der Waals surface area contributed by atoms with E-state index in [2.05, 4.69) is 15.5 Å². The maximum absolute atomic E-state index is 12.9. The Labute approximate surface area is 188 Å². The number of thioether (sulfide) groups is 1. The van der Waals surface area contributed by atoms with E-state index in [9.17, 15) is 4.79 Å². The van der Waals surface area contributed by atoms with Gasteiger partial charge in [-0.1, -0.05) is 30.0 Å². The van der Waals surface area contributed by atoms with Gasteiger partial charge in [-0.15, -0.1) is 10.2 Å². The fraction of sp³-hybridized carbons (Fsp3) is 0.174. The van der Waals surface area contributed by atoms with Crippen LogP contribution in [0.2, 0.25) is 0 Å². The first-order valence-electron chi connectivity index (χ1n) is 10.1. The molecule has 0 saturated carbocycles. The third-order valence-corrected chi connectivity index (χ3v) is 5.89. The lowest BCUT2D eigenvalue weighted by Gasteiger charge is -2.19. The van der Waals surface area contributed by atoms with E-state index in [1.165, 1.54) is 11.8 Å². The number of benzene rings is 2. The van der Waals surface area contributed by atoms with Gasteiger partial charge in [-0.25, -0.2) is 0 Å². The molecule has 9 heteroatoms. The summed E-state index contributed by atoms with van der Waals surface area (Å²) >= 11 is 1.32. The molecule has 4 aromatic rings. The second-order valence-corrected chi connectivity index (χ2v) is 8.37. The highest BCUT2D eigenvalue weighted by Gasteiger charge is 2.23. The number of hydrogen-bond donors (Lipinski definition) is 1. The maximum Gasteiger partial charge on any atom is 0.237 e. The quantitative estimate of drug-likeness (QED) is 0.437. The largest absolute Gasteiger partial charge is 0.486 e. The third kappa shape index (κ3) is 4.06. The molecule has 0 fully saturated rings. The molecular formula is C23H20N4O4S. The van der Waals surface area contributed by atoms with Crippen molar-refractivity contribution in [2.75, 3.05) is 18.5 Å². The number of carbonyl (C=O) groups is 1. The minimum atomic E-state index is -0.431. The lowest BCUT2D eigenvalue weighted by molar-refractivity contribution is -0.115. The Balaban J connectivity index is 1.37. The number of amides is 1. The molecule has 0 bridgehead atoms. The van der Waals surface area contributed by atoms with Crippen LogP contribution in [0.25, 0.3) is 17.3 Å². The van der Waals surface area contributed by atoms with Crippen molar-refractivity contribution in [2.45, 2.75) is 17.3 Å². The van der Waals surface area contributed by atoms with Gasteiger partial charge in [-0.2, -0.15) is 0 Å². The van der Waals surface area contributed by atoms with E-state index in [-0.39, 0.29) is 5.91 Å². The van der Waals surface area contributed by atoms with Crippen molar-refractivity contribution in [1.82, 2.24) is 14.8 Å². The predicted octanol–water partition coefficient (Wildman–Crippen LogP) is 4.42. The van der Waals surface area contributed by atoms with Crippen LogP contribution in [0.15, 0.2) is 76.5 Å². The normalized spacial score (nSPS) is 13.5. The van der Waals surface area contributed by atoms with E-state index < -0.39 is 5.25 Å². The fourth-order valence-electron chi connectivity index (χ4n) is 3.30. The van der Waals surface area contributed by atoms with Gasteiger partial charge in [0.2, 0.25) is 11.7 Å². The van der Waals surface area contributed by atoms with E-state index in [0.29, 0.717) is 47.1 Å². The van der Waals surface area contributed by atoms with Crippen LogP contribution in [-0.4, -0.2) is 39.1 Å². The summed E-state index contributed by atoms with van der Waals surface area (Å²) < 4.78 is 18.5. The summed E-state index contributed by atoms with van der Waals surface area (Å²) in [5.74, 6) is 2.32. The van der Waals surface area contributed by atoms with Crippen LogP contribution in [0.5, 0.6) is 11.5 Å². The van der Waals surface area contributed by atoms with Gasteiger partial charge in [0.15, 0.2) is 22.4 Å². The molecule has 162 valence electrons. The highest BCUT2D eigenvalue weighted by Crippen LogP contribution is 2.34. The highest BCUT2D eigenvalue weighted by atomic mass is 32.2. The number of ether oxygens (including phenoxy) is 2. The molecule has 0 radical (unpaired) electrons. The third-order valence-electron chi connectivity index (χ3n) is 4.85. The Hall–Kier alpha value is -3.72. The Morgan fingerprint density at radius 3 is 2.62 bits per heavy atom. The van der Waals surface area contributed by atoms with Crippen LogP contribution in [0, 0.1) is 0 Å². The Morgan fingerprint density at radius 2 is 1.84 bits per heavy atom. The number of fused-ring (bicyclic) bond motifs is 1. The molecule has 1 atom stereocenters. The second-order valence-electron chi connectivity index (χ2n) is 7.06. The molecule has 8 nitrogen and oxygen atoms in total. The zero-order chi connectivity index (χ0) is 21.9. The second kappa shape index (κ2) is 8.80. The molecule has 1 amide bonds. The Kier molecular flexibility index (Phi) is 5.55. The molecule has 1 aliphatic heterocycles. The zero-order valence-electron chi connectivity index (χ0n) is 17.2. The van der Waals surface area contributed by atoms with Gasteiger partial charge in [0.1, 0.15) is 13.2 Å². The van der Waals surface area contributed by atoms with Gasteiger partial charge in [0.05, 0.1) is 11.5 Å². The topological polar surface area (TPSA) is 91.4 Å². The van der Waals surface area contributed by atoms with E-state index in [4.69, 9.17) is 13.9 Å². The van der Waals surface area contributed by atoms with Gasteiger partial charge in [0.25, 0.3) is 0 Å². The van der Waals surface area contributed by atoms with Crippen LogP contribution >= 0.6 is 11.8 Å². The van der Waals surface area contributed by atoms with Crippen LogP contribution in [0.3, 0.4) is 0 Å². The minimum Gasteiger partial charge on any atom is -0.486 e. The number of carbonyl (C=O) groups excluding carboxylic acids is 1. The van der Waals surface area contributed by atoms with Gasteiger partial charge in [-0.05, 0) is 43.3 Å². The summed E-state index contributed by atoms with van der Waals surface area (Å²) in [5, 5.41) is 11.7. The Morgan fingerprint density at radius 1 is 1.03 bits per heavy atom.